The van der Waals surface area contributed by atoms with Crippen LogP contribution in [0.25, 0.3) is 0 Å². The normalized spacial score (nSPS) is 56.7. The van der Waals surface area contributed by atoms with Gasteiger partial charge in [-0.05, 0) is 31.1 Å². The van der Waals surface area contributed by atoms with Crippen LogP contribution < -0.4 is 0 Å². The molecular formula is C7H12S2. The Hall–Kier alpha value is 0.700. The molecule has 4 unspecified atom stereocenters. The predicted molar refractivity (Wildman–Crippen MR) is 46.4 cm³/mol. The molecule has 0 N–H and O–H groups in total. The Morgan fingerprint density at radius 2 is 1.33 bits per heavy atom. The van der Waals surface area contributed by atoms with Crippen molar-refractivity contribution in [1.29, 1.82) is 0 Å². The largest absolute Gasteiger partial charge is 0.174 e. The molecule has 2 rings (SSSR count). The molecule has 0 aromatic heterocycles. The van der Waals surface area contributed by atoms with Crippen LogP contribution in [0.15, 0.2) is 0 Å². The van der Waals surface area contributed by atoms with E-state index in [0.29, 0.717) is 10.5 Å². The van der Waals surface area contributed by atoms with E-state index in [-0.39, 0.29) is 0 Å². The average molecular weight is 160 g/mol. The van der Waals surface area contributed by atoms with E-state index < -0.39 is 0 Å². The zero-order chi connectivity index (χ0) is 6.43. The SMILES string of the molecule is SC1C2CCC(C2)C1S. The van der Waals surface area contributed by atoms with E-state index in [0.717, 1.165) is 11.8 Å². The maximum atomic E-state index is 4.52. The van der Waals surface area contributed by atoms with Crippen LogP contribution in [0.2, 0.25) is 0 Å². The Morgan fingerprint density at radius 3 is 1.56 bits per heavy atom. The van der Waals surface area contributed by atoms with Crippen molar-refractivity contribution in [2.75, 3.05) is 0 Å². The lowest BCUT2D eigenvalue weighted by Gasteiger charge is -2.22. The Bertz CT molecular complexity index is 106. The van der Waals surface area contributed by atoms with Crippen LogP contribution in [0.1, 0.15) is 19.3 Å². The molecule has 2 saturated carbocycles. The van der Waals surface area contributed by atoms with Gasteiger partial charge in [-0.15, -0.1) is 0 Å². The van der Waals surface area contributed by atoms with Gasteiger partial charge in [-0.2, -0.15) is 25.3 Å². The second kappa shape index (κ2) is 2.09. The van der Waals surface area contributed by atoms with E-state index in [9.17, 15) is 0 Å². The van der Waals surface area contributed by atoms with Gasteiger partial charge in [0.25, 0.3) is 0 Å². The Kier molecular flexibility index (Phi) is 1.49. The third-order valence-corrected chi connectivity index (χ3v) is 4.55. The average Bonchev–Trinajstić information content (AvgIpc) is 2.37. The molecule has 2 bridgehead atoms. The summed E-state index contributed by atoms with van der Waals surface area (Å²) in [6, 6.07) is 0. The maximum Gasteiger partial charge on any atom is 0.0164 e. The van der Waals surface area contributed by atoms with Crippen molar-refractivity contribution in [3.8, 4) is 0 Å². The van der Waals surface area contributed by atoms with Crippen LogP contribution in [0, 0.1) is 11.8 Å². The first-order valence-corrected chi connectivity index (χ1v) is 4.68. The first-order chi connectivity index (χ1) is 4.29. The second-order valence-corrected chi connectivity index (χ2v) is 4.51. The molecule has 0 amide bonds. The molecule has 2 aliphatic rings. The van der Waals surface area contributed by atoms with Gasteiger partial charge in [-0.25, -0.2) is 0 Å². The maximum absolute atomic E-state index is 4.52. The summed E-state index contributed by atoms with van der Waals surface area (Å²) >= 11 is 9.03. The number of fused-ring (bicyclic) bond motifs is 2. The highest BCUT2D eigenvalue weighted by Gasteiger charge is 2.43. The highest BCUT2D eigenvalue weighted by atomic mass is 32.1. The van der Waals surface area contributed by atoms with Crippen molar-refractivity contribution in [2.45, 2.75) is 29.8 Å². The number of rotatable bonds is 0. The van der Waals surface area contributed by atoms with E-state index in [1.165, 1.54) is 19.3 Å². The molecule has 0 nitrogen and oxygen atoms in total. The Labute approximate surface area is 67.2 Å². The van der Waals surface area contributed by atoms with Crippen molar-refractivity contribution < 1.29 is 0 Å². The number of thiol groups is 2. The van der Waals surface area contributed by atoms with Crippen LogP contribution in [0.5, 0.6) is 0 Å². The topological polar surface area (TPSA) is 0 Å². The van der Waals surface area contributed by atoms with E-state index in [1.54, 1.807) is 0 Å². The minimum Gasteiger partial charge on any atom is -0.174 e. The van der Waals surface area contributed by atoms with E-state index in [2.05, 4.69) is 25.3 Å². The fourth-order valence-corrected chi connectivity index (χ4v) is 3.26. The van der Waals surface area contributed by atoms with Crippen LogP contribution in [-0.2, 0) is 0 Å². The summed E-state index contributed by atoms with van der Waals surface area (Å²) in [6.07, 6.45) is 4.23. The molecule has 0 saturated heterocycles. The van der Waals surface area contributed by atoms with Gasteiger partial charge in [0.05, 0.1) is 0 Å². The highest BCUT2D eigenvalue weighted by molar-refractivity contribution is 7.85. The Morgan fingerprint density at radius 1 is 0.889 bits per heavy atom. The fourth-order valence-electron chi connectivity index (χ4n) is 2.23. The van der Waals surface area contributed by atoms with Crippen molar-refractivity contribution in [3.05, 3.63) is 0 Å². The molecule has 0 aliphatic heterocycles. The summed E-state index contributed by atoms with van der Waals surface area (Å²) in [5, 5.41) is 1.21. The van der Waals surface area contributed by atoms with Crippen LogP contribution in [0.3, 0.4) is 0 Å². The monoisotopic (exact) mass is 160 g/mol. The zero-order valence-electron chi connectivity index (χ0n) is 5.33. The summed E-state index contributed by atoms with van der Waals surface area (Å²) in [5.41, 5.74) is 0. The molecule has 2 aliphatic carbocycles. The minimum atomic E-state index is 0.604. The summed E-state index contributed by atoms with van der Waals surface area (Å²) in [5.74, 6) is 1.81. The molecule has 0 aromatic rings. The van der Waals surface area contributed by atoms with Gasteiger partial charge in [-0.3, -0.25) is 0 Å². The molecule has 0 spiro atoms. The minimum absolute atomic E-state index is 0.604. The van der Waals surface area contributed by atoms with Gasteiger partial charge in [0.15, 0.2) is 0 Å². The van der Waals surface area contributed by atoms with Crippen molar-refractivity contribution in [2.24, 2.45) is 11.8 Å². The van der Waals surface area contributed by atoms with Gasteiger partial charge in [0.1, 0.15) is 0 Å². The molecule has 2 fully saturated rings. The Balaban J connectivity index is 2.15. The lowest BCUT2D eigenvalue weighted by molar-refractivity contribution is 0.508. The van der Waals surface area contributed by atoms with E-state index in [4.69, 9.17) is 0 Å². The summed E-state index contributed by atoms with van der Waals surface area (Å²) in [4.78, 5) is 0. The zero-order valence-corrected chi connectivity index (χ0v) is 7.11. The van der Waals surface area contributed by atoms with Crippen LogP contribution >= 0.6 is 25.3 Å². The summed E-state index contributed by atoms with van der Waals surface area (Å²) in [7, 11) is 0. The van der Waals surface area contributed by atoms with Gasteiger partial charge < -0.3 is 0 Å². The summed E-state index contributed by atoms with van der Waals surface area (Å²) < 4.78 is 0. The molecule has 0 aromatic carbocycles. The quantitative estimate of drug-likeness (QED) is 0.498. The van der Waals surface area contributed by atoms with Crippen molar-refractivity contribution in [3.63, 3.8) is 0 Å². The molecular weight excluding hydrogens is 148 g/mol. The van der Waals surface area contributed by atoms with Crippen molar-refractivity contribution in [1.82, 2.24) is 0 Å². The molecule has 0 radical (unpaired) electrons. The van der Waals surface area contributed by atoms with E-state index >= 15 is 0 Å². The van der Waals surface area contributed by atoms with Crippen LogP contribution in [-0.4, -0.2) is 10.5 Å². The standard InChI is InChI=1S/C7H12S2/c8-6-4-1-2-5(3-4)7(6)9/h4-9H,1-3H2. The first-order valence-electron chi connectivity index (χ1n) is 3.65. The second-order valence-electron chi connectivity index (χ2n) is 3.31. The molecule has 9 heavy (non-hydrogen) atoms. The van der Waals surface area contributed by atoms with Gasteiger partial charge >= 0.3 is 0 Å². The van der Waals surface area contributed by atoms with Gasteiger partial charge in [-0.1, -0.05) is 0 Å². The smallest absolute Gasteiger partial charge is 0.0164 e. The van der Waals surface area contributed by atoms with Crippen LogP contribution in [0.4, 0.5) is 0 Å². The van der Waals surface area contributed by atoms with Gasteiger partial charge in [0, 0.05) is 10.5 Å². The lowest BCUT2D eigenvalue weighted by atomic mass is 10.00. The number of hydrogen-bond acceptors (Lipinski definition) is 2. The number of hydrogen-bond donors (Lipinski definition) is 2. The highest BCUT2D eigenvalue weighted by Crippen LogP contribution is 2.49. The molecule has 2 heteroatoms. The molecule has 0 heterocycles. The predicted octanol–water partition coefficient (Wildman–Crippen LogP) is 2.01. The van der Waals surface area contributed by atoms with E-state index in [1.807, 2.05) is 0 Å². The van der Waals surface area contributed by atoms with Crippen molar-refractivity contribution >= 4 is 25.3 Å². The fraction of sp³-hybridized carbons (Fsp3) is 1.00. The van der Waals surface area contributed by atoms with Gasteiger partial charge in [0.2, 0.25) is 0 Å². The summed E-state index contributed by atoms with van der Waals surface area (Å²) in [6.45, 7) is 0. The first kappa shape index (κ1) is 6.41. The lowest BCUT2D eigenvalue weighted by Crippen LogP contribution is -2.22. The third kappa shape index (κ3) is 0.829. The molecule has 4 atom stereocenters. The third-order valence-electron chi connectivity index (χ3n) is 2.83. The molecule has 52 valence electrons.